The SMILES string of the molecule is CCCCNC(=NCCCN1CCCCCC1=O)NCCn1cnnc1CC. The Bertz CT molecular complexity index is 599. The predicted octanol–water partition coefficient (Wildman–Crippen LogP) is 1.97. The summed E-state index contributed by atoms with van der Waals surface area (Å²) < 4.78 is 2.07. The summed E-state index contributed by atoms with van der Waals surface area (Å²) in [6.45, 7) is 9.20. The molecule has 1 saturated heterocycles. The minimum Gasteiger partial charge on any atom is -0.356 e. The Balaban J connectivity index is 1.76. The average Bonchev–Trinajstić information content (AvgIpc) is 3.06. The molecule has 8 nitrogen and oxygen atoms in total. The number of nitrogens with zero attached hydrogens (tertiary/aromatic N) is 5. The van der Waals surface area contributed by atoms with Gasteiger partial charge in [0.05, 0.1) is 0 Å². The maximum Gasteiger partial charge on any atom is 0.222 e. The van der Waals surface area contributed by atoms with Crippen LogP contribution in [0.5, 0.6) is 0 Å². The Morgan fingerprint density at radius 3 is 2.82 bits per heavy atom. The quantitative estimate of drug-likeness (QED) is 0.342. The fourth-order valence-electron chi connectivity index (χ4n) is 3.32. The third kappa shape index (κ3) is 7.86. The van der Waals surface area contributed by atoms with Gasteiger partial charge in [-0.3, -0.25) is 9.79 Å². The van der Waals surface area contributed by atoms with E-state index in [0.29, 0.717) is 12.3 Å². The van der Waals surface area contributed by atoms with Gasteiger partial charge in [-0.05, 0) is 25.7 Å². The lowest BCUT2D eigenvalue weighted by Crippen LogP contribution is -2.39. The molecule has 0 bridgehead atoms. The standard InChI is InChI=1S/C20H37N7O/c1-3-5-11-21-20(23-13-16-27-17-24-25-18(27)4-2)22-12-9-15-26-14-8-6-7-10-19(26)28/h17H,3-16H2,1-2H3,(H2,21,22,23). The van der Waals surface area contributed by atoms with Crippen LogP contribution in [0.25, 0.3) is 0 Å². The van der Waals surface area contributed by atoms with Gasteiger partial charge in [-0.15, -0.1) is 10.2 Å². The van der Waals surface area contributed by atoms with Gasteiger partial charge in [0, 0.05) is 52.1 Å². The molecule has 0 aliphatic carbocycles. The number of hydrogen-bond acceptors (Lipinski definition) is 4. The third-order valence-electron chi connectivity index (χ3n) is 5.01. The highest BCUT2D eigenvalue weighted by atomic mass is 16.2. The molecule has 2 heterocycles. The Hall–Kier alpha value is -2.12. The first-order valence-electron chi connectivity index (χ1n) is 10.9. The third-order valence-corrected chi connectivity index (χ3v) is 5.01. The van der Waals surface area contributed by atoms with E-state index in [9.17, 15) is 4.79 Å². The first-order chi connectivity index (χ1) is 13.7. The van der Waals surface area contributed by atoms with Crippen molar-refractivity contribution in [3.8, 4) is 0 Å². The summed E-state index contributed by atoms with van der Waals surface area (Å²) in [5.41, 5.74) is 0. The molecule has 1 aliphatic heterocycles. The second kappa shape index (κ2) is 13.1. The minimum absolute atomic E-state index is 0.307. The van der Waals surface area contributed by atoms with E-state index in [-0.39, 0.29) is 0 Å². The van der Waals surface area contributed by atoms with Crippen molar-refractivity contribution in [2.24, 2.45) is 4.99 Å². The van der Waals surface area contributed by atoms with E-state index < -0.39 is 0 Å². The highest BCUT2D eigenvalue weighted by Crippen LogP contribution is 2.11. The van der Waals surface area contributed by atoms with Gasteiger partial charge in [0.25, 0.3) is 0 Å². The number of aryl methyl sites for hydroxylation is 1. The van der Waals surface area contributed by atoms with E-state index in [4.69, 9.17) is 4.99 Å². The molecule has 28 heavy (non-hydrogen) atoms. The van der Waals surface area contributed by atoms with E-state index in [1.54, 1.807) is 6.33 Å². The van der Waals surface area contributed by atoms with Crippen LogP contribution in [0.4, 0.5) is 0 Å². The molecule has 0 radical (unpaired) electrons. The Morgan fingerprint density at radius 2 is 2.00 bits per heavy atom. The number of carbonyl (C=O) groups is 1. The summed E-state index contributed by atoms with van der Waals surface area (Å²) in [6, 6.07) is 0. The molecule has 2 N–H and O–H groups in total. The summed E-state index contributed by atoms with van der Waals surface area (Å²) >= 11 is 0. The van der Waals surface area contributed by atoms with Crippen molar-refractivity contribution in [1.82, 2.24) is 30.3 Å². The summed E-state index contributed by atoms with van der Waals surface area (Å²) in [6.07, 6.45) is 9.87. The number of aromatic nitrogens is 3. The molecule has 0 saturated carbocycles. The lowest BCUT2D eigenvalue weighted by Gasteiger charge is -2.20. The number of unbranched alkanes of at least 4 members (excludes halogenated alkanes) is 1. The second-order valence-electron chi connectivity index (χ2n) is 7.28. The zero-order valence-electron chi connectivity index (χ0n) is 17.6. The number of nitrogens with one attached hydrogen (secondary N) is 2. The van der Waals surface area contributed by atoms with Crippen molar-refractivity contribution in [3.05, 3.63) is 12.2 Å². The van der Waals surface area contributed by atoms with Crippen molar-refractivity contribution >= 4 is 11.9 Å². The van der Waals surface area contributed by atoms with Crippen molar-refractivity contribution in [1.29, 1.82) is 0 Å². The largest absolute Gasteiger partial charge is 0.356 e. The molecule has 0 atom stereocenters. The van der Waals surface area contributed by atoms with E-state index >= 15 is 0 Å². The monoisotopic (exact) mass is 391 g/mol. The lowest BCUT2D eigenvalue weighted by molar-refractivity contribution is -0.130. The first-order valence-corrected chi connectivity index (χ1v) is 10.9. The van der Waals surface area contributed by atoms with Crippen LogP contribution in [0.2, 0.25) is 0 Å². The fraction of sp³-hybridized carbons (Fsp3) is 0.800. The number of rotatable bonds is 11. The maximum absolute atomic E-state index is 12.1. The van der Waals surface area contributed by atoms with Crippen LogP contribution in [0.15, 0.2) is 11.3 Å². The van der Waals surface area contributed by atoms with Crippen LogP contribution in [-0.4, -0.2) is 64.3 Å². The molecule has 0 aromatic carbocycles. The Labute approximate surface area is 169 Å². The van der Waals surface area contributed by atoms with E-state index in [1.807, 2.05) is 4.90 Å². The van der Waals surface area contributed by atoms with Gasteiger partial charge < -0.3 is 20.1 Å². The zero-order valence-corrected chi connectivity index (χ0v) is 17.6. The summed E-state index contributed by atoms with van der Waals surface area (Å²) in [5.74, 6) is 2.16. The van der Waals surface area contributed by atoms with Crippen LogP contribution < -0.4 is 10.6 Å². The lowest BCUT2D eigenvalue weighted by atomic mass is 10.2. The van der Waals surface area contributed by atoms with Gasteiger partial charge in [-0.2, -0.15) is 0 Å². The number of likely N-dealkylation sites (tertiary alicyclic amines) is 1. The minimum atomic E-state index is 0.307. The molecule has 1 aromatic heterocycles. The number of amides is 1. The van der Waals surface area contributed by atoms with Crippen LogP contribution in [-0.2, 0) is 17.8 Å². The molecule has 1 fully saturated rings. The number of carbonyl (C=O) groups excluding carboxylic acids is 1. The van der Waals surface area contributed by atoms with Gasteiger partial charge >= 0.3 is 0 Å². The fourth-order valence-corrected chi connectivity index (χ4v) is 3.32. The van der Waals surface area contributed by atoms with Crippen LogP contribution >= 0.6 is 0 Å². The Kier molecular flexibility index (Phi) is 10.4. The highest BCUT2D eigenvalue weighted by Gasteiger charge is 2.15. The summed E-state index contributed by atoms with van der Waals surface area (Å²) in [4.78, 5) is 18.8. The molecule has 8 heteroatoms. The molecule has 1 aromatic rings. The number of hydrogen-bond donors (Lipinski definition) is 2. The topological polar surface area (TPSA) is 87.4 Å². The van der Waals surface area contributed by atoms with Crippen molar-refractivity contribution < 1.29 is 4.79 Å². The molecular formula is C20H37N7O. The van der Waals surface area contributed by atoms with Gasteiger partial charge in [-0.25, -0.2) is 0 Å². The van der Waals surface area contributed by atoms with Crippen LogP contribution in [0, 0.1) is 0 Å². The summed E-state index contributed by atoms with van der Waals surface area (Å²) in [7, 11) is 0. The Morgan fingerprint density at radius 1 is 1.14 bits per heavy atom. The zero-order chi connectivity index (χ0) is 20.0. The smallest absolute Gasteiger partial charge is 0.222 e. The molecule has 158 valence electrons. The predicted molar refractivity (Wildman–Crippen MR) is 112 cm³/mol. The van der Waals surface area contributed by atoms with Crippen molar-refractivity contribution in [2.75, 3.05) is 32.7 Å². The maximum atomic E-state index is 12.1. The number of guanidine groups is 1. The highest BCUT2D eigenvalue weighted by molar-refractivity contribution is 5.79. The van der Waals surface area contributed by atoms with Crippen LogP contribution in [0.1, 0.15) is 64.6 Å². The molecular weight excluding hydrogens is 354 g/mol. The molecule has 1 aliphatic rings. The molecule has 1 amide bonds. The molecule has 0 spiro atoms. The average molecular weight is 392 g/mol. The molecule has 2 rings (SSSR count). The van der Waals surface area contributed by atoms with Crippen molar-refractivity contribution in [3.63, 3.8) is 0 Å². The van der Waals surface area contributed by atoms with Gasteiger partial charge in [0.2, 0.25) is 5.91 Å². The van der Waals surface area contributed by atoms with Gasteiger partial charge in [0.15, 0.2) is 5.96 Å². The summed E-state index contributed by atoms with van der Waals surface area (Å²) in [5, 5.41) is 14.9. The number of aliphatic imine (C=N–C) groups is 1. The second-order valence-corrected chi connectivity index (χ2v) is 7.28. The van der Waals surface area contributed by atoms with Gasteiger partial charge in [-0.1, -0.05) is 26.7 Å². The van der Waals surface area contributed by atoms with E-state index in [1.165, 1.54) is 6.42 Å². The first kappa shape index (κ1) is 22.2. The molecule has 0 unspecified atom stereocenters. The normalized spacial score (nSPS) is 15.6. The van der Waals surface area contributed by atoms with Crippen LogP contribution in [0.3, 0.4) is 0 Å². The van der Waals surface area contributed by atoms with Gasteiger partial charge in [0.1, 0.15) is 12.2 Å². The van der Waals surface area contributed by atoms with E-state index in [0.717, 1.165) is 89.6 Å². The van der Waals surface area contributed by atoms with E-state index in [2.05, 4.69) is 39.2 Å². The van der Waals surface area contributed by atoms with Crippen molar-refractivity contribution in [2.45, 2.75) is 71.8 Å².